The zero-order valence-corrected chi connectivity index (χ0v) is 15.9. The van der Waals surface area contributed by atoms with E-state index >= 15 is 0 Å². The smallest absolute Gasteiger partial charge is 0.266 e. The highest BCUT2D eigenvalue weighted by Gasteiger charge is 2.61. The molecule has 146 valence electrons. The number of amides is 2. The van der Waals surface area contributed by atoms with E-state index in [0.717, 1.165) is 17.7 Å². The molecule has 3 atom stereocenters. The van der Waals surface area contributed by atoms with Crippen LogP contribution in [-0.2, 0) is 20.8 Å². The first kappa shape index (κ1) is 17.7. The maximum Gasteiger partial charge on any atom is 0.266 e. The van der Waals surface area contributed by atoms with Gasteiger partial charge >= 0.3 is 0 Å². The third-order valence-corrected chi connectivity index (χ3v) is 5.56. The van der Waals surface area contributed by atoms with Crippen LogP contribution in [0.25, 0.3) is 0 Å². The van der Waals surface area contributed by atoms with Crippen molar-refractivity contribution in [2.24, 2.45) is 5.92 Å². The first-order valence-corrected chi connectivity index (χ1v) is 9.70. The number of hydrogen-bond acceptors (Lipinski definition) is 5. The summed E-state index contributed by atoms with van der Waals surface area (Å²) in [6.45, 7) is 2.06. The number of nitrogens with zero attached hydrogens (tertiary/aromatic N) is 2. The van der Waals surface area contributed by atoms with Crippen LogP contribution in [-0.4, -0.2) is 17.9 Å². The number of para-hydroxylation sites is 1. The summed E-state index contributed by atoms with van der Waals surface area (Å²) in [5, 5.41) is 1.63. The highest BCUT2D eigenvalue weighted by molar-refractivity contribution is 6.23. The van der Waals surface area contributed by atoms with E-state index in [4.69, 9.17) is 9.25 Å². The van der Waals surface area contributed by atoms with Crippen molar-refractivity contribution >= 4 is 23.2 Å². The molecule has 0 spiro atoms. The Morgan fingerprint density at radius 1 is 0.862 bits per heavy atom. The van der Waals surface area contributed by atoms with Gasteiger partial charge in [-0.15, -0.1) is 0 Å². The van der Waals surface area contributed by atoms with Crippen molar-refractivity contribution < 1.29 is 18.8 Å². The number of furan rings is 1. The summed E-state index contributed by atoms with van der Waals surface area (Å²) in [7, 11) is 0. The fourth-order valence-corrected chi connectivity index (χ4v) is 4.10. The summed E-state index contributed by atoms with van der Waals surface area (Å²) in [5.74, 6) is -0.714. The average molecular weight is 388 g/mol. The molecule has 6 heteroatoms. The van der Waals surface area contributed by atoms with Gasteiger partial charge in [0.25, 0.3) is 5.91 Å². The zero-order valence-electron chi connectivity index (χ0n) is 15.9. The Morgan fingerprint density at radius 3 is 2.28 bits per heavy atom. The van der Waals surface area contributed by atoms with Crippen molar-refractivity contribution in [2.75, 3.05) is 9.96 Å². The summed E-state index contributed by atoms with van der Waals surface area (Å²) < 4.78 is 5.63. The summed E-state index contributed by atoms with van der Waals surface area (Å²) in [6.07, 6.45) is 1.57. The normalized spacial score (nSPS) is 23.7. The third kappa shape index (κ3) is 2.76. The van der Waals surface area contributed by atoms with Gasteiger partial charge in [-0.1, -0.05) is 37.3 Å². The first-order chi connectivity index (χ1) is 14.2. The Morgan fingerprint density at radius 2 is 1.62 bits per heavy atom. The topological polar surface area (TPSA) is 63.0 Å². The zero-order chi connectivity index (χ0) is 20.0. The molecule has 0 unspecified atom stereocenters. The number of anilines is 2. The van der Waals surface area contributed by atoms with Crippen molar-refractivity contribution in [2.45, 2.75) is 25.5 Å². The lowest BCUT2D eigenvalue weighted by atomic mass is 9.94. The molecule has 2 saturated heterocycles. The van der Waals surface area contributed by atoms with Crippen molar-refractivity contribution in [3.8, 4) is 0 Å². The highest BCUT2D eigenvalue weighted by Crippen LogP contribution is 2.47. The van der Waals surface area contributed by atoms with Crippen LogP contribution in [0.4, 0.5) is 11.4 Å². The van der Waals surface area contributed by atoms with E-state index in [1.54, 1.807) is 17.4 Å². The molecular weight excluding hydrogens is 368 g/mol. The molecule has 3 aromatic rings. The Hall–Kier alpha value is -3.38. The van der Waals surface area contributed by atoms with Gasteiger partial charge in [-0.25, -0.2) is 9.96 Å². The van der Waals surface area contributed by atoms with Gasteiger partial charge in [-0.05, 0) is 48.4 Å². The minimum atomic E-state index is -0.886. The van der Waals surface area contributed by atoms with Crippen LogP contribution in [0.5, 0.6) is 0 Å². The molecule has 29 heavy (non-hydrogen) atoms. The van der Waals surface area contributed by atoms with Gasteiger partial charge in [0, 0.05) is 0 Å². The minimum Gasteiger partial charge on any atom is -0.467 e. The van der Waals surface area contributed by atoms with Crippen LogP contribution in [0.2, 0.25) is 0 Å². The lowest BCUT2D eigenvalue weighted by Gasteiger charge is -2.27. The van der Waals surface area contributed by atoms with Gasteiger partial charge in [0.2, 0.25) is 5.91 Å². The molecule has 2 aromatic carbocycles. The van der Waals surface area contributed by atoms with E-state index in [1.807, 2.05) is 60.7 Å². The molecule has 5 rings (SSSR count). The van der Waals surface area contributed by atoms with Crippen molar-refractivity contribution in [1.29, 1.82) is 0 Å². The van der Waals surface area contributed by atoms with E-state index < -0.39 is 18.1 Å². The molecule has 0 aliphatic carbocycles. The van der Waals surface area contributed by atoms with Crippen LogP contribution < -0.4 is 9.96 Å². The lowest BCUT2D eigenvalue weighted by Crippen LogP contribution is -2.37. The third-order valence-electron chi connectivity index (χ3n) is 5.56. The molecule has 2 aliphatic heterocycles. The number of rotatable bonds is 4. The van der Waals surface area contributed by atoms with Gasteiger partial charge in [-0.2, -0.15) is 0 Å². The monoisotopic (exact) mass is 388 g/mol. The van der Waals surface area contributed by atoms with E-state index in [1.165, 1.54) is 4.90 Å². The largest absolute Gasteiger partial charge is 0.467 e. The second kappa shape index (κ2) is 6.90. The molecule has 1 aromatic heterocycles. The Balaban J connectivity index is 1.54. The number of imide groups is 1. The van der Waals surface area contributed by atoms with E-state index in [0.29, 0.717) is 11.4 Å². The molecule has 0 N–H and O–H groups in total. The van der Waals surface area contributed by atoms with Gasteiger partial charge in [0.15, 0.2) is 6.10 Å². The number of hydrogen-bond donors (Lipinski definition) is 0. The Bertz CT molecular complexity index is 1030. The minimum absolute atomic E-state index is 0.274. The maximum absolute atomic E-state index is 13.4. The first-order valence-electron chi connectivity index (χ1n) is 9.70. The van der Waals surface area contributed by atoms with Crippen molar-refractivity contribution in [3.63, 3.8) is 0 Å². The van der Waals surface area contributed by atoms with Crippen molar-refractivity contribution in [1.82, 2.24) is 0 Å². The standard InChI is InChI=1S/C23H20N2O4/c1-2-15-10-12-16(13-11-15)24-22(26)19-20(18-9-6-14-28-18)25(29-21(19)23(24)27)17-7-4-3-5-8-17/h3-14,19-21H,2H2,1H3/t19-,20-,21-/m1/s1. The van der Waals surface area contributed by atoms with Crippen LogP contribution in [0.1, 0.15) is 24.3 Å². The predicted molar refractivity (Wildman–Crippen MR) is 107 cm³/mol. The van der Waals surface area contributed by atoms with Crippen LogP contribution >= 0.6 is 0 Å². The number of carbonyl (C=O) groups excluding carboxylic acids is 2. The molecule has 3 heterocycles. The number of aryl methyl sites for hydroxylation is 1. The Kier molecular flexibility index (Phi) is 4.21. The van der Waals surface area contributed by atoms with E-state index in [9.17, 15) is 9.59 Å². The lowest BCUT2D eigenvalue weighted by molar-refractivity contribution is -0.126. The quantitative estimate of drug-likeness (QED) is 0.635. The summed E-state index contributed by atoms with van der Waals surface area (Å²) in [6, 6.07) is 20.0. The van der Waals surface area contributed by atoms with Crippen molar-refractivity contribution in [3.05, 3.63) is 84.3 Å². The molecule has 2 aliphatic rings. The highest BCUT2D eigenvalue weighted by atomic mass is 16.7. The number of carbonyl (C=O) groups is 2. The van der Waals surface area contributed by atoms with Crippen LogP contribution in [0.15, 0.2) is 77.4 Å². The summed E-state index contributed by atoms with van der Waals surface area (Å²) in [5.41, 5.74) is 2.48. The number of fused-ring (bicyclic) bond motifs is 1. The summed E-state index contributed by atoms with van der Waals surface area (Å²) >= 11 is 0. The van der Waals surface area contributed by atoms with E-state index in [-0.39, 0.29) is 11.8 Å². The van der Waals surface area contributed by atoms with Gasteiger partial charge < -0.3 is 4.42 Å². The SMILES string of the molecule is CCc1ccc(N2C(=O)[C@@H]3[C@@H](c4ccco4)N(c4ccccc4)O[C@H]3C2=O)cc1. The number of benzene rings is 2. The molecule has 0 bridgehead atoms. The van der Waals surface area contributed by atoms with Gasteiger partial charge in [0.05, 0.1) is 17.6 Å². The predicted octanol–water partition coefficient (Wildman–Crippen LogP) is 3.89. The molecular formula is C23H20N2O4. The maximum atomic E-state index is 13.4. The fraction of sp³-hybridized carbons (Fsp3) is 0.217. The fourth-order valence-electron chi connectivity index (χ4n) is 4.10. The molecule has 0 radical (unpaired) electrons. The van der Waals surface area contributed by atoms with Crippen LogP contribution in [0.3, 0.4) is 0 Å². The molecule has 6 nitrogen and oxygen atoms in total. The van der Waals surface area contributed by atoms with Gasteiger partial charge in [-0.3, -0.25) is 14.4 Å². The van der Waals surface area contributed by atoms with E-state index in [2.05, 4.69) is 6.92 Å². The number of hydroxylamine groups is 1. The Labute approximate surface area is 168 Å². The second-order valence-electron chi connectivity index (χ2n) is 7.21. The molecule has 2 amide bonds. The molecule has 0 saturated carbocycles. The van der Waals surface area contributed by atoms with Gasteiger partial charge in [0.1, 0.15) is 17.7 Å². The van der Waals surface area contributed by atoms with Crippen LogP contribution in [0, 0.1) is 5.92 Å². The average Bonchev–Trinajstić information content (AvgIpc) is 3.47. The summed E-state index contributed by atoms with van der Waals surface area (Å²) in [4.78, 5) is 33.9. The second-order valence-corrected chi connectivity index (χ2v) is 7.21. The molecule has 2 fully saturated rings.